The fourth-order valence-corrected chi connectivity index (χ4v) is 0.839. The van der Waals surface area contributed by atoms with E-state index in [4.69, 9.17) is 4.74 Å². The maximum Gasteiger partial charge on any atom is 0.126 e. The van der Waals surface area contributed by atoms with Gasteiger partial charge in [0.15, 0.2) is 0 Å². The van der Waals surface area contributed by atoms with E-state index in [2.05, 4.69) is 6.07 Å². The second-order valence-corrected chi connectivity index (χ2v) is 1.90. The van der Waals surface area contributed by atoms with E-state index in [0.717, 1.165) is 12.4 Å². The summed E-state index contributed by atoms with van der Waals surface area (Å²) in [6, 6.07) is 8.08. The molecule has 1 nitrogen and oxygen atoms in total. The van der Waals surface area contributed by atoms with Crippen molar-refractivity contribution in [2.75, 3.05) is 0 Å². The van der Waals surface area contributed by atoms with Crippen molar-refractivity contribution in [2.45, 2.75) is 6.61 Å². The van der Waals surface area contributed by atoms with E-state index < -0.39 is 0 Å². The van der Waals surface area contributed by atoms with Gasteiger partial charge >= 0.3 is 0 Å². The lowest BCUT2D eigenvalue weighted by molar-refractivity contribution is 0.243. The van der Waals surface area contributed by atoms with Gasteiger partial charge in [-0.3, -0.25) is 0 Å². The molecule has 0 unspecified atom stereocenters. The van der Waals surface area contributed by atoms with Crippen molar-refractivity contribution >= 4 is 17.0 Å². The smallest absolute Gasteiger partial charge is 0.126 e. The van der Waals surface area contributed by atoms with Gasteiger partial charge in [0.05, 0.1) is 0 Å². The van der Waals surface area contributed by atoms with Gasteiger partial charge < -0.3 is 4.74 Å². The summed E-state index contributed by atoms with van der Waals surface area (Å²) in [6.07, 6.45) is 0. The highest BCUT2D eigenvalue weighted by atomic mass is 79.9. The van der Waals surface area contributed by atoms with Crippen molar-refractivity contribution in [2.24, 2.45) is 0 Å². The maximum atomic E-state index is 5.08. The molecule has 0 fully saturated rings. The molecule has 2 heteroatoms. The Morgan fingerprint density at radius 3 is 2.33 bits per heavy atom. The normalized spacial score (nSPS) is 12.0. The molecule has 0 atom stereocenters. The number of rotatable bonds is 0. The molecule has 0 spiro atoms. The van der Waals surface area contributed by atoms with Crippen LogP contribution in [0, 0.1) is 0 Å². The molecule has 0 radical (unpaired) electrons. The second kappa shape index (κ2) is 2.40. The third-order valence-electron chi connectivity index (χ3n) is 1.36. The Morgan fingerprint density at radius 1 is 1.22 bits per heavy atom. The van der Waals surface area contributed by atoms with Crippen LogP contribution in [-0.4, -0.2) is 0 Å². The van der Waals surface area contributed by atoms with E-state index in [1.54, 1.807) is 0 Å². The predicted octanol–water partition coefficient (Wildman–Crippen LogP) is 2.16. The van der Waals surface area contributed by atoms with E-state index in [0.29, 0.717) is 0 Å². The van der Waals surface area contributed by atoms with Crippen LogP contribution in [0.1, 0.15) is 5.56 Å². The standard InChI is InChI=1S/C7H6O.BrH/c1-2-4-7-6(3-1)5-8-7;/h1-4H,5H2;1H. The van der Waals surface area contributed by atoms with E-state index in [-0.39, 0.29) is 17.0 Å². The first kappa shape index (κ1) is 6.62. The number of benzene rings is 1. The minimum Gasteiger partial charge on any atom is -0.488 e. The summed E-state index contributed by atoms with van der Waals surface area (Å²) in [7, 11) is 0. The lowest BCUT2D eigenvalue weighted by atomic mass is 10.1. The molecule has 0 saturated carbocycles. The quantitative estimate of drug-likeness (QED) is 0.604. The Bertz CT molecular complexity index is 187. The highest BCUT2D eigenvalue weighted by Gasteiger charge is 2.10. The number of hydrogen-bond acceptors (Lipinski definition) is 1. The molecular weight excluding hydrogens is 180 g/mol. The summed E-state index contributed by atoms with van der Waals surface area (Å²) in [5.74, 6) is 1.05. The van der Waals surface area contributed by atoms with Crippen LogP contribution in [0.4, 0.5) is 0 Å². The van der Waals surface area contributed by atoms with Gasteiger partial charge in [0.1, 0.15) is 12.4 Å². The Morgan fingerprint density at radius 2 is 2.00 bits per heavy atom. The van der Waals surface area contributed by atoms with Gasteiger partial charge in [0.2, 0.25) is 0 Å². The summed E-state index contributed by atoms with van der Waals surface area (Å²) in [6.45, 7) is 0.802. The Kier molecular flexibility index (Phi) is 1.76. The molecule has 1 aliphatic heterocycles. The van der Waals surface area contributed by atoms with Gasteiger partial charge in [-0.1, -0.05) is 18.2 Å². The van der Waals surface area contributed by atoms with Crippen molar-refractivity contribution < 1.29 is 4.74 Å². The summed E-state index contributed by atoms with van der Waals surface area (Å²) < 4.78 is 5.08. The van der Waals surface area contributed by atoms with Gasteiger partial charge in [0.25, 0.3) is 0 Å². The Labute approximate surface area is 64.4 Å². The average molecular weight is 187 g/mol. The zero-order valence-electron chi connectivity index (χ0n) is 4.83. The van der Waals surface area contributed by atoms with E-state index in [1.807, 2.05) is 18.2 Å². The molecule has 1 aromatic carbocycles. The van der Waals surface area contributed by atoms with Crippen molar-refractivity contribution in [3.8, 4) is 5.75 Å². The topological polar surface area (TPSA) is 9.23 Å². The molecule has 0 amide bonds. The van der Waals surface area contributed by atoms with E-state index in [9.17, 15) is 0 Å². The monoisotopic (exact) mass is 186 g/mol. The molecule has 0 aliphatic carbocycles. The molecule has 9 heavy (non-hydrogen) atoms. The highest BCUT2D eigenvalue weighted by Crippen LogP contribution is 2.27. The predicted molar refractivity (Wildman–Crippen MR) is 41.1 cm³/mol. The molecule has 0 saturated heterocycles. The molecule has 1 heterocycles. The first-order valence-electron chi connectivity index (χ1n) is 2.67. The minimum atomic E-state index is 0. The van der Waals surface area contributed by atoms with Crippen LogP contribution >= 0.6 is 17.0 Å². The zero-order valence-corrected chi connectivity index (χ0v) is 6.55. The van der Waals surface area contributed by atoms with Crippen LogP contribution in [-0.2, 0) is 6.61 Å². The SMILES string of the molecule is Br.c1ccc2c(c1)CO2. The van der Waals surface area contributed by atoms with Gasteiger partial charge in [-0.25, -0.2) is 0 Å². The highest BCUT2D eigenvalue weighted by molar-refractivity contribution is 8.93. The maximum absolute atomic E-state index is 5.08. The van der Waals surface area contributed by atoms with Crippen LogP contribution in [0.3, 0.4) is 0 Å². The minimum absolute atomic E-state index is 0. The van der Waals surface area contributed by atoms with Crippen LogP contribution in [0.15, 0.2) is 24.3 Å². The number of fused-ring (bicyclic) bond motifs is 1. The van der Waals surface area contributed by atoms with E-state index >= 15 is 0 Å². The summed E-state index contributed by atoms with van der Waals surface area (Å²) in [5.41, 5.74) is 1.33. The lowest BCUT2D eigenvalue weighted by Crippen LogP contribution is -2.07. The first-order valence-corrected chi connectivity index (χ1v) is 2.67. The largest absolute Gasteiger partial charge is 0.488 e. The third kappa shape index (κ3) is 0.944. The third-order valence-corrected chi connectivity index (χ3v) is 1.36. The first-order chi connectivity index (χ1) is 3.97. The van der Waals surface area contributed by atoms with Gasteiger partial charge in [-0.15, -0.1) is 17.0 Å². The van der Waals surface area contributed by atoms with Crippen LogP contribution in [0.5, 0.6) is 5.75 Å². The number of para-hydroxylation sites is 1. The average Bonchev–Trinajstić information content (AvgIpc) is 1.72. The van der Waals surface area contributed by atoms with Crippen LogP contribution in [0.2, 0.25) is 0 Å². The number of hydrogen-bond donors (Lipinski definition) is 0. The molecule has 0 bridgehead atoms. The molecule has 0 aromatic heterocycles. The molecule has 48 valence electrons. The zero-order chi connectivity index (χ0) is 5.40. The number of ether oxygens (including phenoxy) is 1. The molecule has 2 rings (SSSR count). The molecule has 0 N–H and O–H groups in total. The van der Waals surface area contributed by atoms with Crippen molar-refractivity contribution in [1.29, 1.82) is 0 Å². The van der Waals surface area contributed by atoms with Crippen molar-refractivity contribution in [3.05, 3.63) is 29.8 Å². The fraction of sp³-hybridized carbons (Fsp3) is 0.143. The summed E-state index contributed by atoms with van der Waals surface area (Å²) >= 11 is 0. The van der Waals surface area contributed by atoms with Gasteiger partial charge in [0, 0.05) is 5.56 Å². The Hall–Kier alpha value is -0.500. The van der Waals surface area contributed by atoms with Crippen LogP contribution in [0.25, 0.3) is 0 Å². The molecule has 1 aromatic rings. The van der Waals surface area contributed by atoms with Crippen molar-refractivity contribution in [1.82, 2.24) is 0 Å². The molecule has 1 aliphatic rings. The second-order valence-electron chi connectivity index (χ2n) is 1.90. The number of halogens is 1. The summed E-state index contributed by atoms with van der Waals surface area (Å²) in [4.78, 5) is 0. The van der Waals surface area contributed by atoms with Crippen molar-refractivity contribution in [3.63, 3.8) is 0 Å². The molecular formula is C7H7BrO. The van der Waals surface area contributed by atoms with Gasteiger partial charge in [-0.05, 0) is 6.07 Å². The van der Waals surface area contributed by atoms with Gasteiger partial charge in [-0.2, -0.15) is 0 Å². The lowest BCUT2D eigenvalue weighted by Gasteiger charge is -2.18. The van der Waals surface area contributed by atoms with E-state index in [1.165, 1.54) is 5.56 Å². The Balaban J connectivity index is 0.000000405. The fourth-order valence-electron chi connectivity index (χ4n) is 0.839. The van der Waals surface area contributed by atoms with Crippen LogP contribution < -0.4 is 4.74 Å². The summed E-state index contributed by atoms with van der Waals surface area (Å²) in [5, 5.41) is 0.